The molecule has 0 aromatic carbocycles. The fourth-order valence-electron chi connectivity index (χ4n) is 1.27. The molecule has 19 heavy (non-hydrogen) atoms. The predicted molar refractivity (Wildman–Crippen MR) is 69.2 cm³/mol. The fraction of sp³-hybridized carbons (Fsp3) is 0.286. The molecule has 0 amide bonds. The van der Waals surface area contributed by atoms with Crippen molar-refractivity contribution in [3.05, 3.63) is 53.0 Å². The first-order valence-corrected chi connectivity index (χ1v) is 5.70. The van der Waals surface area contributed by atoms with E-state index in [-0.39, 0.29) is 11.8 Å². The van der Waals surface area contributed by atoms with Crippen molar-refractivity contribution in [3.63, 3.8) is 0 Å². The minimum Gasteiger partial charge on any atom is -0.479 e. The largest absolute Gasteiger partial charge is 0.479 e. The van der Waals surface area contributed by atoms with Gasteiger partial charge in [0.15, 0.2) is 5.82 Å². The van der Waals surface area contributed by atoms with E-state index in [0.29, 0.717) is 5.56 Å². The van der Waals surface area contributed by atoms with E-state index in [0.717, 1.165) is 11.3 Å². The van der Waals surface area contributed by atoms with Gasteiger partial charge in [-0.25, -0.2) is 14.4 Å². The molecule has 0 bridgehead atoms. The number of halogens is 2. The number of methoxy groups -OCH3 is 1. The standard InChI is InChI=1S/C7H8FNO.C7H8FN/c1-5-3-6(8)7(10-2)9-4-5;1-5-3-4-6(2)9-7(5)8/h3-4H,1-2H3;3-4H,1-2H3. The summed E-state index contributed by atoms with van der Waals surface area (Å²) < 4.78 is 29.7. The zero-order chi connectivity index (χ0) is 14.4. The first-order chi connectivity index (χ1) is 8.93. The van der Waals surface area contributed by atoms with Gasteiger partial charge in [0.2, 0.25) is 11.8 Å². The van der Waals surface area contributed by atoms with Gasteiger partial charge in [-0.2, -0.15) is 4.39 Å². The Labute approximate surface area is 111 Å². The molecule has 0 atom stereocenters. The van der Waals surface area contributed by atoms with Gasteiger partial charge < -0.3 is 4.74 Å². The van der Waals surface area contributed by atoms with Gasteiger partial charge >= 0.3 is 0 Å². The average Bonchev–Trinajstić information content (AvgIpc) is 2.35. The predicted octanol–water partition coefficient (Wildman–Crippen LogP) is 3.38. The Bertz CT molecular complexity index is 559. The van der Waals surface area contributed by atoms with Crippen LogP contribution in [0, 0.1) is 32.5 Å². The van der Waals surface area contributed by atoms with Crippen molar-refractivity contribution in [1.82, 2.24) is 9.97 Å². The third-order valence-electron chi connectivity index (χ3n) is 2.31. The summed E-state index contributed by atoms with van der Waals surface area (Å²) in [5, 5.41) is 0. The molecule has 0 saturated heterocycles. The number of ether oxygens (including phenoxy) is 1. The molecule has 2 rings (SSSR count). The van der Waals surface area contributed by atoms with Crippen LogP contribution in [0.15, 0.2) is 24.4 Å². The Morgan fingerprint density at radius 1 is 1.11 bits per heavy atom. The lowest BCUT2D eigenvalue weighted by Crippen LogP contribution is -1.91. The molecule has 0 unspecified atom stereocenters. The SMILES string of the molecule is COc1ncc(C)cc1F.Cc1ccc(C)c(F)n1. The van der Waals surface area contributed by atoms with Crippen LogP contribution in [0.25, 0.3) is 0 Å². The second kappa shape index (κ2) is 6.78. The van der Waals surface area contributed by atoms with Crippen molar-refractivity contribution >= 4 is 0 Å². The van der Waals surface area contributed by atoms with Crippen molar-refractivity contribution in [1.29, 1.82) is 0 Å². The van der Waals surface area contributed by atoms with E-state index < -0.39 is 5.82 Å². The molecule has 0 aliphatic carbocycles. The first kappa shape index (κ1) is 15.0. The molecule has 5 heteroatoms. The van der Waals surface area contributed by atoms with Gasteiger partial charge in [-0.15, -0.1) is 0 Å². The van der Waals surface area contributed by atoms with Crippen LogP contribution in [0.2, 0.25) is 0 Å². The summed E-state index contributed by atoms with van der Waals surface area (Å²) in [6.45, 7) is 5.24. The molecule has 3 nitrogen and oxygen atoms in total. The molecule has 102 valence electrons. The Morgan fingerprint density at radius 2 is 1.79 bits per heavy atom. The molecular weight excluding hydrogens is 250 g/mol. The highest BCUT2D eigenvalue weighted by atomic mass is 19.1. The third kappa shape index (κ3) is 4.62. The maximum Gasteiger partial charge on any atom is 0.250 e. The number of hydrogen-bond acceptors (Lipinski definition) is 3. The quantitative estimate of drug-likeness (QED) is 0.742. The average molecular weight is 266 g/mol. The lowest BCUT2D eigenvalue weighted by Gasteiger charge is -1.98. The van der Waals surface area contributed by atoms with E-state index in [1.54, 1.807) is 39.1 Å². The van der Waals surface area contributed by atoms with Crippen molar-refractivity contribution in [2.75, 3.05) is 7.11 Å². The summed E-state index contributed by atoms with van der Waals surface area (Å²) in [6, 6.07) is 4.89. The number of aryl methyl sites for hydroxylation is 3. The number of rotatable bonds is 1. The van der Waals surface area contributed by atoms with Crippen LogP contribution >= 0.6 is 0 Å². The van der Waals surface area contributed by atoms with Gasteiger partial charge in [-0.3, -0.25) is 0 Å². The Hall–Kier alpha value is -2.04. The molecule has 2 heterocycles. The minimum atomic E-state index is -0.414. The fourth-order valence-corrected chi connectivity index (χ4v) is 1.27. The Morgan fingerprint density at radius 3 is 2.26 bits per heavy atom. The number of nitrogens with zero attached hydrogens (tertiary/aromatic N) is 2. The van der Waals surface area contributed by atoms with E-state index in [1.807, 2.05) is 0 Å². The highest BCUT2D eigenvalue weighted by Crippen LogP contribution is 2.12. The Kier molecular flexibility index (Phi) is 5.36. The maximum absolute atomic E-state index is 12.7. The monoisotopic (exact) mass is 266 g/mol. The van der Waals surface area contributed by atoms with Gasteiger partial charge in [0.05, 0.1) is 7.11 Å². The van der Waals surface area contributed by atoms with Crippen LogP contribution in [0.1, 0.15) is 16.8 Å². The van der Waals surface area contributed by atoms with Crippen LogP contribution in [0.4, 0.5) is 8.78 Å². The van der Waals surface area contributed by atoms with Crippen molar-refractivity contribution in [2.24, 2.45) is 0 Å². The van der Waals surface area contributed by atoms with Crippen LogP contribution < -0.4 is 4.74 Å². The molecule has 0 saturated carbocycles. The molecule has 0 aliphatic heterocycles. The molecule has 0 radical (unpaired) electrons. The van der Waals surface area contributed by atoms with Gasteiger partial charge in [0.25, 0.3) is 0 Å². The highest BCUT2D eigenvalue weighted by Gasteiger charge is 2.01. The molecule has 0 spiro atoms. The van der Waals surface area contributed by atoms with Crippen LogP contribution in [-0.2, 0) is 0 Å². The summed E-state index contributed by atoms with van der Waals surface area (Å²) in [7, 11) is 1.39. The van der Waals surface area contributed by atoms with Crippen LogP contribution in [-0.4, -0.2) is 17.1 Å². The highest BCUT2D eigenvalue weighted by molar-refractivity contribution is 5.18. The molecule has 0 fully saturated rings. The van der Waals surface area contributed by atoms with E-state index in [9.17, 15) is 8.78 Å². The summed E-state index contributed by atoms with van der Waals surface area (Å²) >= 11 is 0. The minimum absolute atomic E-state index is 0.0469. The van der Waals surface area contributed by atoms with Crippen LogP contribution in [0.3, 0.4) is 0 Å². The van der Waals surface area contributed by atoms with Crippen molar-refractivity contribution in [2.45, 2.75) is 20.8 Å². The van der Waals surface area contributed by atoms with Crippen molar-refractivity contribution in [3.8, 4) is 5.88 Å². The molecule has 2 aromatic rings. The Balaban J connectivity index is 0.000000191. The number of hydrogen-bond donors (Lipinski definition) is 0. The lowest BCUT2D eigenvalue weighted by molar-refractivity contribution is 0.369. The lowest BCUT2D eigenvalue weighted by atomic mass is 10.3. The summed E-state index contributed by atoms with van der Waals surface area (Å²) in [5.74, 6) is -0.733. The summed E-state index contributed by atoms with van der Waals surface area (Å²) in [6.07, 6.45) is 1.56. The topological polar surface area (TPSA) is 35.0 Å². The maximum atomic E-state index is 12.7. The third-order valence-corrected chi connectivity index (χ3v) is 2.31. The van der Waals surface area contributed by atoms with Gasteiger partial charge in [-0.05, 0) is 38.5 Å². The van der Waals surface area contributed by atoms with Crippen LogP contribution in [0.5, 0.6) is 5.88 Å². The van der Waals surface area contributed by atoms with Crippen molar-refractivity contribution < 1.29 is 13.5 Å². The zero-order valence-electron chi connectivity index (χ0n) is 11.4. The second-order valence-corrected chi connectivity index (χ2v) is 4.06. The summed E-state index contributed by atoms with van der Waals surface area (Å²) in [4.78, 5) is 7.31. The van der Waals surface area contributed by atoms with E-state index in [2.05, 4.69) is 14.7 Å². The molecule has 2 aromatic heterocycles. The first-order valence-electron chi connectivity index (χ1n) is 5.70. The van der Waals surface area contributed by atoms with E-state index in [4.69, 9.17) is 0 Å². The van der Waals surface area contributed by atoms with E-state index in [1.165, 1.54) is 13.2 Å². The van der Waals surface area contributed by atoms with E-state index >= 15 is 0 Å². The smallest absolute Gasteiger partial charge is 0.250 e. The molecular formula is C14H16F2N2O. The zero-order valence-corrected chi connectivity index (χ0v) is 11.4. The van der Waals surface area contributed by atoms with Gasteiger partial charge in [0, 0.05) is 17.5 Å². The van der Waals surface area contributed by atoms with Gasteiger partial charge in [-0.1, -0.05) is 6.07 Å². The number of pyridine rings is 2. The second-order valence-electron chi connectivity index (χ2n) is 4.06. The van der Waals surface area contributed by atoms with Gasteiger partial charge in [0.1, 0.15) is 0 Å². The molecule has 0 N–H and O–H groups in total. The molecule has 0 aliphatic rings. The normalized spacial score (nSPS) is 9.58. The summed E-state index contributed by atoms with van der Waals surface area (Å²) in [5.41, 5.74) is 2.11. The number of aromatic nitrogens is 2.